The molecule has 0 aliphatic carbocycles. The molecule has 0 bridgehead atoms. The first-order valence-corrected chi connectivity index (χ1v) is 10.9. The van der Waals surface area contributed by atoms with Crippen LogP contribution in [0.1, 0.15) is 31.4 Å². The van der Waals surface area contributed by atoms with Crippen molar-refractivity contribution in [2.75, 3.05) is 19.7 Å². The Morgan fingerprint density at radius 2 is 1.53 bits per heavy atom. The van der Waals surface area contributed by atoms with Gasteiger partial charge in [0, 0.05) is 6.54 Å². The molecule has 2 atom stereocenters. The second kappa shape index (κ2) is 13.3. The Bertz CT molecular complexity index is 857. The quantitative estimate of drug-likeness (QED) is 0.465. The number of ether oxygens (including phenoxy) is 1. The van der Waals surface area contributed by atoms with Crippen molar-refractivity contribution < 1.29 is 24.2 Å². The van der Waals surface area contributed by atoms with Gasteiger partial charge in [-0.1, -0.05) is 60.7 Å². The zero-order chi connectivity index (χ0) is 23.3. The van der Waals surface area contributed by atoms with Crippen molar-refractivity contribution >= 4 is 17.8 Å². The van der Waals surface area contributed by atoms with Crippen molar-refractivity contribution in [1.29, 1.82) is 0 Å². The van der Waals surface area contributed by atoms with Crippen LogP contribution in [-0.4, -0.2) is 59.6 Å². The number of nitrogens with zero attached hydrogens (tertiary/aromatic N) is 1. The molecule has 2 aromatic carbocycles. The van der Waals surface area contributed by atoms with E-state index in [0.29, 0.717) is 19.3 Å². The van der Waals surface area contributed by atoms with Crippen molar-refractivity contribution in [3.8, 4) is 0 Å². The number of carboxylic acids is 1. The molecule has 172 valence electrons. The van der Waals surface area contributed by atoms with Crippen LogP contribution in [0.25, 0.3) is 0 Å². The van der Waals surface area contributed by atoms with Gasteiger partial charge in [0.2, 0.25) is 5.91 Å². The molecule has 0 saturated heterocycles. The maximum absolute atomic E-state index is 13.0. The second-order valence-electron chi connectivity index (χ2n) is 7.61. The van der Waals surface area contributed by atoms with Gasteiger partial charge < -0.3 is 14.7 Å². The van der Waals surface area contributed by atoms with Crippen LogP contribution in [0.4, 0.5) is 0 Å². The molecule has 0 aromatic heterocycles. The minimum Gasteiger partial charge on any atom is -0.480 e. The molecule has 0 aliphatic heterocycles. The molecule has 0 aliphatic rings. The topological polar surface area (TPSA) is 95.9 Å². The highest BCUT2D eigenvalue weighted by atomic mass is 16.5. The third-order valence-corrected chi connectivity index (χ3v) is 5.11. The lowest BCUT2D eigenvalue weighted by molar-refractivity contribution is -0.148. The van der Waals surface area contributed by atoms with E-state index < -0.39 is 30.6 Å². The summed E-state index contributed by atoms with van der Waals surface area (Å²) in [5.74, 6) is -1.86. The van der Waals surface area contributed by atoms with Gasteiger partial charge in [-0.15, -0.1) is 0 Å². The number of aryl methyl sites for hydroxylation is 1. The zero-order valence-corrected chi connectivity index (χ0v) is 18.7. The Kier molecular flexibility index (Phi) is 10.4. The number of hydrogen-bond acceptors (Lipinski definition) is 5. The van der Waals surface area contributed by atoms with E-state index in [1.54, 1.807) is 13.8 Å². The van der Waals surface area contributed by atoms with Crippen LogP contribution in [0.2, 0.25) is 0 Å². The van der Waals surface area contributed by atoms with E-state index in [1.165, 1.54) is 4.90 Å². The van der Waals surface area contributed by atoms with Gasteiger partial charge >= 0.3 is 11.9 Å². The molecule has 7 heteroatoms. The molecule has 32 heavy (non-hydrogen) atoms. The van der Waals surface area contributed by atoms with Gasteiger partial charge in [-0.25, -0.2) is 0 Å². The van der Waals surface area contributed by atoms with E-state index in [1.807, 2.05) is 60.7 Å². The predicted molar refractivity (Wildman–Crippen MR) is 122 cm³/mol. The van der Waals surface area contributed by atoms with Crippen LogP contribution in [0.3, 0.4) is 0 Å². The highest BCUT2D eigenvalue weighted by molar-refractivity contribution is 5.86. The largest absolute Gasteiger partial charge is 0.480 e. The molecule has 0 radical (unpaired) electrons. The fourth-order valence-corrected chi connectivity index (χ4v) is 3.45. The van der Waals surface area contributed by atoms with Gasteiger partial charge in [0.15, 0.2) is 0 Å². The SMILES string of the molecule is CCOC(=O)[C@H](CCc1ccccc1)N[C@@H](C)C(=O)N(CCc1ccccc1)CC(=O)O. The number of carbonyl (C=O) groups is 3. The lowest BCUT2D eigenvalue weighted by atomic mass is 10.0. The van der Waals surface area contributed by atoms with E-state index >= 15 is 0 Å². The molecule has 0 spiro atoms. The third kappa shape index (κ3) is 8.51. The number of nitrogens with one attached hydrogen (secondary N) is 1. The van der Waals surface area contributed by atoms with Gasteiger partial charge in [0.25, 0.3) is 0 Å². The van der Waals surface area contributed by atoms with E-state index in [9.17, 15) is 19.5 Å². The lowest BCUT2D eigenvalue weighted by Crippen LogP contribution is -2.52. The minimum atomic E-state index is -1.08. The van der Waals surface area contributed by atoms with Crippen molar-refractivity contribution in [1.82, 2.24) is 10.2 Å². The molecule has 2 N–H and O–H groups in total. The van der Waals surface area contributed by atoms with Crippen molar-refractivity contribution in [2.24, 2.45) is 0 Å². The third-order valence-electron chi connectivity index (χ3n) is 5.11. The van der Waals surface area contributed by atoms with Gasteiger partial charge in [-0.3, -0.25) is 19.7 Å². The number of carboxylic acid groups (broad SMARTS) is 1. The molecule has 2 rings (SSSR count). The van der Waals surface area contributed by atoms with Crippen molar-refractivity contribution in [2.45, 2.75) is 45.2 Å². The van der Waals surface area contributed by atoms with Crippen molar-refractivity contribution in [3.05, 3.63) is 71.8 Å². The van der Waals surface area contributed by atoms with Crippen LogP contribution in [0.15, 0.2) is 60.7 Å². The Morgan fingerprint density at radius 3 is 2.06 bits per heavy atom. The highest BCUT2D eigenvalue weighted by Crippen LogP contribution is 2.09. The Labute approximate surface area is 189 Å². The summed E-state index contributed by atoms with van der Waals surface area (Å²) in [7, 11) is 0. The average Bonchev–Trinajstić information content (AvgIpc) is 2.80. The van der Waals surface area contributed by atoms with Gasteiger partial charge in [0.05, 0.1) is 12.6 Å². The molecule has 0 heterocycles. The molecule has 0 fully saturated rings. The minimum absolute atomic E-state index is 0.243. The molecular formula is C25H32N2O5. The standard InChI is InChI=1S/C25H32N2O5/c1-3-32-25(31)22(15-14-20-10-6-4-7-11-20)26-19(2)24(30)27(18-23(28)29)17-16-21-12-8-5-9-13-21/h4-13,19,22,26H,3,14-18H2,1-2H3,(H,28,29)/t19-,22-/m0/s1. The molecule has 2 aromatic rings. The van der Waals surface area contributed by atoms with Gasteiger partial charge in [-0.05, 0) is 44.2 Å². The number of rotatable bonds is 13. The average molecular weight is 441 g/mol. The van der Waals surface area contributed by atoms with Crippen LogP contribution < -0.4 is 5.32 Å². The molecule has 7 nitrogen and oxygen atoms in total. The first-order chi connectivity index (χ1) is 15.4. The summed E-state index contributed by atoms with van der Waals surface area (Å²) in [5.41, 5.74) is 2.10. The maximum Gasteiger partial charge on any atom is 0.323 e. The van der Waals surface area contributed by atoms with E-state index in [2.05, 4.69) is 5.32 Å². The normalized spacial score (nSPS) is 12.6. The highest BCUT2D eigenvalue weighted by Gasteiger charge is 2.28. The van der Waals surface area contributed by atoms with Crippen LogP contribution in [-0.2, 0) is 32.0 Å². The first kappa shape index (κ1) is 25.1. The fourth-order valence-electron chi connectivity index (χ4n) is 3.45. The first-order valence-electron chi connectivity index (χ1n) is 10.9. The number of benzene rings is 2. The van der Waals surface area contributed by atoms with Crippen molar-refractivity contribution in [3.63, 3.8) is 0 Å². The zero-order valence-electron chi connectivity index (χ0n) is 18.7. The predicted octanol–water partition coefficient (Wildman–Crippen LogP) is 2.68. The number of hydrogen-bond donors (Lipinski definition) is 2. The smallest absolute Gasteiger partial charge is 0.323 e. The maximum atomic E-state index is 13.0. The van der Waals surface area contributed by atoms with Crippen LogP contribution in [0.5, 0.6) is 0 Å². The molecular weight excluding hydrogens is 408 g/mol. The summed E-state index contributed by atoms with van der Waals surface area (Å²) in [6.45, 7) is 3.50. The van der Waals surface area contributed by atoms with E-state index in [4.69, 9.17) is 4.74 Å². The summed E-state index contributed by atoms with van der Waals surface area (Å²) in [6, 6.07) is 17.9. The van der Waals surface area contributed by atoms with Gasteiger partial charge in [0.1, 0.15) is 12.6 Å². The van der Waals surface area contributed by atoms with Crippen LogP contribution in [0, 0.1) is 0 Å². The molecule has 0 saturated carbocycles. The van der Waals surface area contributed by atoms with E-state index in [0.717, 1.165) is 11.1 Å². The Balaban J connectivity index is 2.04. The fraction of sp³-hybridized carbons (Fsp3) is 0.400. The summed E-state index contributed by atoms with van der Waals surface area (Å²) in [4.78, 5) is 38.2. The Morgan fingerprint density at radius 1 is 0.969 bits per heavy atom. The number of aliphatic carboxylic acids is 1. The number of carbonyl (C=O) groups excluding carboxylic acids is 2. The summed E-state index contributed by atoms with van der Waals surface area (Å²) < 4.78 is 5.18. The molecule has 1 amide bonds. The summed E-state index contributed by atoms with van der Waals surface area (Å²) in [5, 5.41) is 12.3. The summed E-state index contributed by atoms with van der Waals surface area (Å²) in [6.07, 6.45) is 1.65. The second-order valence-corrected chi connectivity index (χ2v) is 7.61. The number of esters is 1. The van der Waals surface area contributed by atoms with Crippen LogP contribution >= 0.6 is 0 Å². The monoisotopic (exact) mass is 440 g/mol. The summed E-state index contributed by atoms with van der Waals surface area (Å²) >= 11 is 0. The molecule has 0 unspecified atom stereocenters. The number of amides is 1. The van der Waals surface area contributed by atoms with E-state index in [-0.39, 0.29) is 19.1 Å². The Hall–Kier alpha value is -3.19. The lowest BCUT2D eigenvalue weighted by Gasteiger charge is -2.27. The van der Waals surface area contributed by atoms with Gasteiger partial charge in [-0.2, -0.15) is 0 Å².